The molecule has 1 heterocycles. The van der Waals surface area contributed by atoms with Crippen LogP contribution in [0.1, 0.15) is 27.2 Å². The van der Waals surface area contributed by atoms with Gasteiger partial charge >= 0.3 is 6.09 Å². The third-order valence-electron chi connectivity index (χ3n) is 3.44. The van der Waals surface area contributed by atoms with Gasteiger partial charge in [0.05, 0.1) is 12.2 Å². The van der Waals surface area contributed by atoms with Crippen molar-refractivity contribution in [1.29, 1.82) is 0 Å². The lowest BCUT2D eigenvalue weighted by Gasteiger charge is -2.37. The minimum Gasteiger partial charge on any atom is -0.486 e. The number of carbonyl (C=O) groups excluding carboxylic acids is 1. The Morgan fingerprint density at radius 2 is 2.18 bits per heavy atom. The van der Waals surface area contributed by atoms with E-state index >= 15 is 0 Å². The van der Waals surface area contributed by atoms with Crippen molar-refractivity contribution in [3.63, 3.8) is 0 Å². The van der Waals surface area contributed by atoms with Gasteiger partial charge in [-0.3, -0.25) is 9.69 Å². The van der Waals surface area contributed by atoms with E-state index in [1.807, 2.05) is 13.8 Å². The number of carboxylic acid groups (broad SMARTS) is 1. The molecular formula is C15H21N3O4. The third kappa shape index (κ3) is 3.60. The highest BCUT2D eigenvalue weighted by molar-refractivity contribution is 5.89. The second-order valence-electron chi connectivity index (χ2n) is 6.13. The fourth-order valence-corrected chi connectivity index (χ4v) is 2.75. The van der Waals surface area contributed by atoms with Crippen LogP contribution in [0, 0.1) is 0 Å². The number of anilines is 2. The van der Waals surface area contributed by atoms with E-state index in [-0.39, 0.29) is 18.6 Å². The largest absolute Gasteiger partial charge is 0.486 e. The molecule has 0 saturated carbocycles. The summed E-state index contributed by atoms with van der Waals surface area (Å²) in [4.78, 5) is 23.9. The molecule has 7 nitrogen and oxygen atoms in total. The standard InChI is InChI=1S/C15H21N3O4/c1-9(19)17-15(2,3)7-11-8-18(14(20)21)12-6-10(16)4-5-13(12)22-11/h4-6,11H,7-8,16H2,1-3H3,(H,17,19)(H,20,21). The maximum Gasteiger partial charge on any atom is 0.412 e. The van der Waals surface area contributed by atoms with Crippen LogP contribution >= 0.6 is 0 Å². The number of hydrogen-bond donors (Lipinski definition) is 3. The van der Waals surface area contributed by atoms with E-state index in [1.165, 1.54) is 11.8 Å². The summed E-state index contributed by atoms with van der Waals surface area (Å²) in [6.45, 7) is 5.39. The summed E-state index contributed by atoms with van der Waals surface area (Å²) in [6, 6.07) is 4.91. The first-order chi connectivity index (χ1) is 10.2. The molecule has 0 radical (unpaired) electrons. The molecule has 0 fully saturated rings. The summed E-state index contributed by atoms with van der Waals surface area (Å²) < 4.78 is 5.87. The van der Waals surface area contributed by atoms with Crippen molar-refractivity contribution >= 4 is 23.4 Å². The molecule has 1 aromatic carbocycles. The number of nitrogen functional groups attached to an aromatic ring is 1. The highest BCUT2D eigenvalue weighted by atomic mass is 16.5. The molecule has 7 heteroatoms. The van der Waals surface area contributed by atoms with Crippen molar-refractivity contribution in [2.75, 3.05) is 17.2 Å². The van der Waals surface area contributed by atoms with E-state index in [1.54, 1.807) is 18.2 Å². The Labute approximate surface area is 129 Å². The number of fused-ring (bicyclic) bond motifs is 1. The summed E-state index contributed by atoms with van der Waals surface area (Å²) in [5.74, 6) is 0.343. The summed E-state index contributed by atoms with van der Waals surface area (Å²) in [5.41, 5.74) is 6.14. The van der Waals surface area contributed by atoms with Crippen molar-refractivity contribution in [1.82, 2.24) is 5.32 Å². The molecule has 0 spiro atoms. The molecular weight excluding hydrogens is 286 g/mol. The van der Waals surface area contributed by atoms with Crippen molar-refractivity contribution < 1.29 is 19.4 Å². The fourth-order valence-electron chi connectivity index (χ4n) is 2.75. The quantitative estimate of drug-likeness (QED) is 0.739. The Morgan fingerprint density at radius 1 is 1.50 bits per heavy atom. The predicted octanol–water partition coefficient (Wildman–Crippen LogP) is 1.82. The van der Waals surface area contributed by atoms with Crippen LogP contribution in [0.25, 0.3) is 0 Å². The lowest BCUT2D eigenvalue weighted by atomic mass is 9.95. The van der Waals surface area contributed by atoms with Gasteiger partial charge in [-0.05, 0) is 32.0 Å². The van der Waals surface area contributed by atoms with Crippen LogP contribution in [0.3, 0.4) is 0 Å². The molecule has 1 aliphatic heterocycles. The summed E-state index contributed by atoms with van der Waals surface area (Å²) in [5, 5.41) is 12.2. The maximum atomic E-state index is 11.5. The minimum absolute atomic E-state index is 0.135. The number of ether oxygens (including phenoxy) is 1. The Bertz CT molecular complexity index is 600. The predicted molar refractivity (Wildman–Crippen MR) is 83.2 cm³/mol. The van der Waals surface area contributed by atoms with Crippen molar-refractivity contribution in [2.24, 2.45) is 0 Å². The number of carbonyl (C=O) groups is 2. The fraction of sp³-hybridized carbons (Fsp3) is 0.467. The van der Waals surface area contributed by atoms with Crippen LogP contribution < -0.4 is 20.7 Å². The molecule has 2 amide bonds. The molecule has 120 valence electrons. The smallest absolute Gasteiger partial charge is 0.412 e. The first-order valence-electron chi connectivity index (χ1n) is 7.03. The number of rotatable bonds is 3. The van der Waals surface area contributed by atoms with Crippen molar-refractivity contribution in [3.8, 4) is 5.75 Å². The van der Waals surface area contributed by atoms with Crippen LogP contribution in [0.5, 0.6) is 5.75 Å². The van der Waals surface area contributed by atoms with Gasteiger partial charge in [0.1, 0.15) is 11.9 Å². The van der Waals surface area contributed by atoms with E-state index in [2.05, 4.69) is 5.32 Å². The van der Waals surface area contributed by atoms with E-state index in [0.29, 0.717) is 23.5 Å². The van der Waals surface area contributed by atoms with Crippen LogP contribution in [0.4, 0.5) is 16.2 Å². The lowest BCUT2D eigenvalue weighted by Crippen LogP contribution is -2.50. The van der Waals surface area contributed by atoms with Crippen molar-refractivity contribution in [3.05, 3.63) is 18.2 Å². The number of nitrogens with two attached hydrogens (primary N) is 1. The molecule has 0 aromatic heterocycles. The zero-order chi connectivity index (χ0) is 16.5. The van der Waals surface area contributed by atoms with E-state index in [0.717, 1.165) is 0 Å². The zero-order valence-corrected chi connectivity index (χ0v) is 12.9. The van der Waals surface area contributed by atoms with Gasteiger partial charge in [0.2, 0.25) is 5.91 Å². The Morgan fingerprint density at radius 3 is 2.77 bits per heavy atom. The van der Waals surface area contributed by atoms with Gasteiger partial charge in [-0.1, -0.05) is 0 Å². The first-order valence-corrected chi connectivity index (χ1v) is 7.03. The number of amides is 2. The van der Waals surface area contributed by atoms with Crippen molar-refractivity contribution in [2.45, 2.75) is 38.8 Å². The molecule has 1 aromatic rings. The highest BCUT2D eigenvalue weighted by Gasteiger charge is 2.34. The number of hydrogen-bond acceptors (Lipinski definition) is 4. The summed E-state index contributed by atoms with van der Waals surface area (Å²) in [6.07, 6.45) is -0.924. The average molecular weight is 307 g/mol. The van der Waals surface area contributed by atoms with E-state index in [4.69, 9.17) is 10.5 Å². The monoisotopic (exact) mass is 307 g/mol. The van der Waals surface area contributed by atoms with Gasteiger partial charge < -0.3 is 20.9 Å². The number of benzene rings is 1. The molecule has 2 rings (SSSR count). The topological polar surface area (TPSA) is 105 Å². The molecule has 1 atom stereocenters. The SMILES string of the molecule is CC(=O)NC(C)(C)CC1CN(C(=O)O)c2cc(N)ccc2O1. The molecule has 0 aliphatic carbocycles. The van der Waals surface area contributed by atoms with Gasteiger partial charge in [-0.15, -0.1) is 0 Å². The second-order valence-corrected chi connectivity index (χ2v) is 6.13. The molecule has 1 aliphatic rings. The molecule has 22 heavy (non-hydrogen) atoms. The minimum atomic E-state index is -1.06. The van der Waals surface area contributed by atoms with Crippen LogP contribution in [0.15, 0.2) is 18.2 Å². The molecule has 4 N–H and O–H groups in total. The van der Waals surface area contributed by atoms with Crippen LogP contribution in [-0.2, 0) is 4.79 Å². The second kappa shape index (κ2) is 5.75. The lowest BCUT2D eigenvalue weighted by molar-refractivity contribution is -0.120. The third-order valence-corrected chi connectivity index (χ3v) is 3.44. The summed E-state index contributed by atoms with van der Waals surface area (Å²) in [7, 11) is 0. The van der Waals surface area contributed by atoms with E-state index < -0.39 is 11.6 Å². The van der Waals surface area contributed by atoms with Gasteiger partial charge in [0, 0.05) is 24.6 Å². The van der Waals surface area contributed by atoms with Gasteiger partial charge in [-0.25, -0.2) is 4.79 Å². The number of nitrogens with one attached hydrogen (secondary N) is 1. The molecule has 0 bridgehead atoms. The van der Waals surface area contributed by atoms with Gasteiger partial charge in [0.25, 0.3) is 0 Å². The Hall–Kier alpha value is -2.44. The number of nitrogens with zero attached hydrogens (tertiary/aromatic N) is 1. The summed E-state index contributed by atoms with van der Waals surface area (Å²) >= 11 is 0. The normalized spacial score (nSPS) is 17.4. The zero-order valence-electron chi connectivity index (χ0n) is 12.9. The van der Waals surface area contributed by atoms with Crippen LogP contribution in [-0.4, -0.2) is 35.3 Å². The maximum absolute atomic E-state index is 11.5. The average Bonchev–Trinajstić information content (AvgIpc) is 2.35. The van der Waals surface area contributed by atoms with Gasteiger partial charge in [-0.2, -0.15) is 0 Å². The van der Waals surface area contributed by atoms with Gasteiger partial charge in [0.15, 0.2) is 0 Å². The Kier molecular flexibility index (Phi) is 4.16. The molecule has 1 unspecified atom stereocenters. The highest BCUT2D eigenvalue weighted by Crippen LogP contribution is 2.36. The van der Waals surface area contributed by atoms with Crippen LogP contribution in [0.2, 0.25) is 0 Å². The first kappa shape index (κ1) is 15.9. The molecule has 0 saturated heterocycles. The van der Waals surface area contributed by atoms with E-state index in [9.17, 15) is 14.7 Å². The Balaban J connectivity index is 2.22.